The Morgan fingerprint density at radius 3 is 2.62 bits per heavy atom. The zero-order valence-electron chi connectivity index (χ0n) is 8.63. The lowest BCUT2D eigenvalue weighted by atomic mass is 10.3. The number of nitrogen functional groups attached to an aromatic ring is 1. The molecule has 0 aliphatic rings. The number of aromatic nitrogens is 2. The molecule has 0 aliphatic heterocycles. The molecular formula is C11H12N4O. The van der Waals surface area contributed by atoms with Crippen LogP contribution in [0.2, 0.25) is 0 Å². The lowest BCUT2D eigenvalue weighted by Gasteiger charge is -2.02. The summed E-state index contributed by atoms with van der Waals surface area (Å²) in [6.45, 7) is 0. The number of hydrogen-bond donors (Lipinski definition) is 2. The van der Waals surface area contributed by atoms with Gasteiger partial charge in [-0.3, -0.25) is 4.79 Å². The second-order valence-electron chi connectivity index (χ2n) is 3.45. The number of para-hydroxylation sites is 1. The molecule has 0 aliphatic carbocycles. The Morgan fingerprint density at radius 2 is 2.00 bits per heavy atom. The van der Waals surface area contributed by atoms with Crippen LogP contribution in [-0.2, 0) is 11.2 Å². The largest absolute Gasteiger partial charge is 0.384 e. The van der Waals surface area contributed by atoms with Crippen LogP contribution in [-0.4, -0.2) is 15.7 Å². The van der Waals surface area contributed by atoms with Gasteiger partial charge in [-0.2, -0.15) is 5.10 Å². The topological polar surface area (TPSA) is 86.9 Å². The minimum Gasteiger partial charge on any atom is -0.384 e. The Labute approximate surface area is 92.7 Å². The van der Waals surface area contributed by atoms with Crippen LogP contribution in [0.3, 0.4) is 0 Å². The molecule has 5 nitrogen and oxygen atoms in total. The van der Waals surface area contributed by atoms with Crippen LogP contribution in [0.1, 0.15) is 5.69 Å². The molecule has 0 saturated heterocycles. The Kier molecular flexibility index (Phi) is 2.59. The molecule has 1 aromatic heterocycles. The number of nitrogens with zero attached hydrogens (tertiary/aromatic N) is 2. The van der Waals surface area contributed by atoms with E-state index in [1.807, 2.05) is 30.3 Å². The van der Waals surface area contributed by atoms with E-state index in [-0.39, 0.29) is 6.42 Å². The summed E-state index contributed by atoms with van der Waals surface area (Å²) in [6.07, 6.45) is 0.101. The lowest BCUT2D eigenvalue weighted by Crippen LogP contribution is -2.14. The van der Waals surface area contributed by atoms with E-state index in [0.717, 1.165) is 5.69 Å². The molecule has 0 unspecified atom stereocenters. The van der Waals surface area contributed by atoms with Gasteiger partial charge in [-0.25, -0.2) is 4.68 Å². The van der Waals surface area contributed by atoms with Gasteiger partial charge in [-0.1, -0.05) is 18.2 Å². The highest BCUT2D eigenvalue weighted by Gasteiger charge is 2.08. The highest BCUT2D eigenvalue weighted by Crippen LogP contribution is 2.14. The van der Waals surface area contributed by atoms with Gasteiger partial charge >= 0.3 is 0 Å². The first-order valence-electron chi connectivity index (χ1n) is 4.85. The van der Waals surface area contributed by atoms with Crippen molar-refractivity contribution in [1.82, 2.24) is 9.78 Å². The Hall–Kier alpha value is -2.30. The molecule has 0 spiro atoms. The van der Waals surface area contributed by atoms with Crippen molar-refractivity contribution in [3.8, 4) is 5.69 Å². The fourth-order valence-electron chi connectivity index (χ4n) is 1.49. The van der Waals surface area contributed by atoms with Gasteiger partial charge < -0.3 is 11.5 Å². The van der Waals surface area contributed by atoms with Crippen LogP contribution < -0.4 is 11.5 Å². The number of hydrogen-bond acceptors (Lipinski definition) is 3. The maximum Gasteiger partial charge on any atom is 0.223 e. The van der Waals surface area contributed by atoms with Crippen LogP contribution in [0, 0.1) is 0 Å². The highest BCUT2D eigenvalue weighted by atomic mass is 16.1. The van der Waals surface area contributed by atoms with Gasteiger partial charge in [0, 0.05) is 6.07 Å². The second-order valence-corrected chi connectivity index (χ2v) is 3.45. The first kappa shape index (κ1) is 10.2. The average molecular weight is 216 g/mol. The highest BCUT2D eigenvalue weighted by molar-refractivity contribution is 5.76. The molecule has 1 amide bonds. The van der Waals surface area contributed by atoms with Gasteiger partial charge in [0.1, 0.15) is 5.82 Å². The molecule has 4 N–H and O–H groups in total. The zero-order valence-corrected chi connectivity index (χ0v) is 8.63. The summed E-state index contributed by atoms with van der Waals surface area (Å²) >= 11 is 0. The van der Waals surface area contributed by atoms with Gasteiger partial charge in [0.2, 0.25) is 5.91 Å². The minimum absolute atomic E-state index is 0.101. The summed E-state index contributed by atoms with van der Waals surface area (Å²) in [7, 11) is 0. The predicted octanol–water partition coefficient (Wildman–Crippen LogP) is 0.482. The standard InChI is InChI=1S/C11H12N4O/c12-10-6-8(7-11(13)16)14-15(10)9-4-2-1-3-5-9/h1-6H,7,12H2,(H2,13,16). The van der Waals surface area contributed by atoms with E-state index in [9.17, 15) is 4.79 Å². The Balaban J connectivity index is 2.36. The number of rotatable bonds is 3. The van der Waals surface area contributed by atoms with E-state index in [1.54, 1.807) is 10.7 Å². The van der Waals surface area contributed by atoms with E-state index in [1.165, 1.54) is 0 Å². The summed E-state index contributed by atoms with van der Waals surface area (Å²) in [5.41, 5.74) is 12.3. The molecule has 0 radical (unpaired) electrons. The number of nitrogens with two attached hydrogens (primary N) is 2. The molecule has 0 saturated carbocycles. The SMILES string of the molecule is NC(=O)Cc1cc(N)n(-c2ccccc2)n1. The van der Waals surface area contributed by atoms with Gasteiger partial charge in [-0.15, -0.1) is 0 Å². The number of primary amides is 1. The normalized spacial score (nSPS) is 10.2. The minimum atomic E-state index is -0.419. The van der Waals surface area contributed by atoms with E-state index >= 15 is 0 Å². The van der Waals surface area contributed by atoms with Crippen molar-refractivity contribution < 1.29 is 4.79 Å². The van der Waals surface area contributed by atoms with Gasteiger partial charge in [0.25, 0.3) is 0 Å². The smallest absolute Gasteiger partial charge is 0.223 e. The van der Waals surface area contributed by atoms with Crippen LogP contribution in [0.15, 0.2) is 36.4 Å². The fraction of sp³-hybridized carbons (Fsp3) is 0.0909. The predicted molar refractivity (Wildman–Crippen MR) is 60.9 cm³/mol. The van der Waals surface area contributed by atoms with Crippen LogP contribution in [0.4, 0.5) is 5.82 Å². The van der Waals surface area contributed by atoms with Crippen molar-refractivity contribution in [2.75, 3.05) is 5.73 Å². The Morgan fingerprint density at radius 1 is 1.31 bits per heavy atom. The van der Waals surface area contributed by atoms with Crippen molar-refractivity contribution >= 4 is 11.7 Å². The van der Waals surface area contributed by atoms with Gasteiger partial charge in [0.15, 0.2) is 0 Å². The molecule has 2 rings (SSSR count). The van der Waals surface area contributed by atoms with E-state index in [2.05, 4.69) is 5.10 Å². The summed E-state index contributed by atoms with van der Waals surface area (Å²) in [5, 5.41) is 4.21. The summed E-state index contributed by atoms with van der Waals surface area (Å²) in [4.78, 5) is 10.8. The quantitative estimate of drug-likeness (QED) is 0.782. The molecule has 0 fully saturated rings. The third-order valence-corrected chi connectivity index (χ3v) is 2.14. The average Bonchev–Trinajstić information content (AvgIpc) is 2.60. The fourth-order valence-corrected chi connectivity index (χ4v) is 1.49. The molecular weight excluding hydrogens is 204 g/mol. The maximum atomic E-state index is 10.8. The lowest BCUT2D eigenvalue weighted by molar-refractivity contribution is -0.117. The first-order chi connectivity index (χ1) is 7.66. The molecule has 0 atom stereocenters. The number of benzene rings is 1. The summed E-state index contributed by atoms with van der Waals surface area (Å²) < 4.78 is 1.58. The van der Waals surface area contributed by atoms with Gasteiger partial charge in [-0.05, 0) is 12.1 Å². The zero-order chi connectivity index (χ0) is 11.5. The Bertz CT molecular complexity index is 504. The number of carbonyl (C=O) groups is 1. The molecule has 82 valence electrons. The monoisotopic (exact) mass is 216 g/mol. The number of amides is 1. The number of carbonyl (C=O) groups excluding carboxylic acids is 1. The molecule has 0 bridgehead atoms. The van der Waals surface area contributed by atoms with E-state index in [4.69, 9.17) is 11.5 Å². The molecule has 1 aromatic carbocycles. The summed E-state index contributed by atoms with van der Waals surface area (Å²) in [5.74, 6) is 0.0696. The second kappa shape index (κ2) is 4.06. The van der Waals surface area contributed by atoms with E-state index in [0.29, 0.717) is 11.5 Å². The van der Waals surface area contributed by atoms with Crippen LogP contribution >= 0.6 is 0 Å². The van der Waals surface area contributed by atoms with Crippen molar-refractivity contribution in [2.24, 2.45) is 5.73 Å². The van der Waals surface area contributed by atoms with Crippen LogP contribution in [0.5, 0.6) is 0 Å². The van der Waals surface area contributed by atoms with Crippen LogP contribution in [0.25, 0.3) is 5.69 Å². The van der Waals surface area contributed by atoms with Crippen molar-refractivity contribution in [2.45, 2.75) is 6.42 Å². The molecule has 1 heterocycles. The van der Waals surface area contributed by atoms with Crippen molar-refractivity contribution in [1.29, 1.82) is 0 Å². The van der Waals surface area contributed by atoms with Crippen molar-refractivity contribution in [3.05, 3.63) is 42.1 Å². The number of anilines is 1. The third kappa shape index (κ3) is 2.03. The first-order valence-corrected chi connectivity index (χ1v) is 4.85. The third-order valence-electron chi connectivity index (χ3n) is 2.14. The maximum absolute atomic E-state index is 10.8. The molecule has 2 aromatic rings. The van der Waals surface area contributed by atoms with Crippen molar-refractivity contribution in [3.63, 3.8) is 0 Å². The van der Waals surface area contributed by atoms with Gasteiger partial charge in [0.05, 0.1) is 17.8 Å². The molecule has 16 heavy (non-hydrogen) atoms. The molecule has 5 heteroatoms. The van der Waals surface area contributed by atoms with E-state index < -0.39 is 5.91 Å². The summed E-state index contributed by atoms with van der Waals surface area (Å²) in [6, 6.07) is 11.1.